The van der Waals surface area contributed by atoms with Crippen molar-refractivity contribution < 1.29 is 13.2 Å². The molecule has 0 saturated carbocycles. The number of hydrogen-bond donors (Lipinski definition) is 1. The maximum absolute atomic E-state index is 12.6. The molecule has 0 aliphatic carbocycles. The summed E-state index contributed by atoms with van der Waals surface area (Å²) in [5.74, 6) is -0.314. The van der Waals surface area contributed by atoms with Crippen molar-refractivity contribution in [3.8, 4) is 0 Å². The smallest absolute Gasteiger partial charge is 0.262 e. The molecule has 1 N–H and O–H groups in total. The van der Waals surface area contributed by atoms with Crippen LogP contribution in [0.1, 0.15) is 42.8 Å². The Kier molecular flexibility index (Phi) is 4.82. The van der Waals surface area contributed by atoms with Crippen LogP contribution >= 0.6 is 11.3 Å². The summed E-state index contributed by atoms with van der Waals surface area (Å²) in [6, 6.07) is 1.51. The standard InChI is InChI=1S/C13H20N2O3S2/c1-10(2)14-13(16)12-11(6-9-19-12)20(17,18)15-7-4-3-5-8-15/h6,9-10H,3-5,7-8H2,1-2H3,(H,14,16). The first-order chi connectivity index (χ1) is 9.43. The first kappa shape index (κ1) is 15.5. The van der Waals surface area contributed by atoms with Gasteiger partial charge in [-0.05, 0) is 38.1 Å². The van der Waals surface area contributed by atoms with Crippen molar-refractivity contribution in [2.45, 2.75) is 44.0 Å². The Morgan fingerprint density at radius 3 is 2.55 bits per heavy atom. The first-order valence-corrected chi connectivity index (χ1v) is 9.13. The molecule has 1 amide bonds. The summed E-state index contributed by atoms with van der Waals surface area (Å²) in [6.45, 7) is 4.79. The molecule has 0 unspecified atom stereocenters. The Balaban J connectivity index is 2.28. The average Bonchev–Trinajstić information content (AvgIpc) is 2.89. The second-order valence-electron chi connectivity index (χ2n) is 5.21. The third kappa shape index (κ3) is 3.21. The van der Waals surface area contributed by atoms with Crippen LogP contribution in [0.2, 0.25) is 0 Å². The van der Waals surface area contributed by atoms with Gasteiger partial charge in [0.1, 0.15) is 9.77 Å². The van der Waals surface area contributed by atoms with Crippen LogP contribution in [0.4, 0.5) is 0 Å². The van der Waals surface area contributed by atoms with E-state index in [-0.39, 0.29) is 21.7 Å². The molecular formula is C13H20N2O3S2. The molecule has 5 nitrogen and oxygen atoms in total. The highest BCUT2D eigenvalue weighted by molar-refractivity contribution is 7.89. The molecule has 0 aromatic carbocycles. The number of amides is 1. The molecule has 1 saturated heterocycles. The fraction of sp³-hybridized carbons (Fsp3) is 0.615. The molecule has 7 heteroatoms. The number of nitrogens with one attached hydrogen (secondary N) is 1. The molecule has 0 atom stereocenters. The number of carbonyl (C=O) groups is 1. The topological polar surface area (TPSA) is 66.5 Å². The summed E-state index contributed by atoms with van der Waals surface area (Å²) in [4.78, 5) is 12.5. The minimum Gasteiger partial charge on any atom is -0.349 e. The monoisotopic (exact) mass is 316 g/mol. The van der Waals surface area contributed by atoms with Gasteiger partial charge in [0.05, 0.1) is 0 Å². The normalized spacial score (nSPS) is 17.4. The number of piperidine rings is 1. The Morgan fingerprint density at radius 1 is 1.30 bits per heavy atom. The van der Waals surface area contributed by atoms with Crippen LogP contribution in [0.25, 0.3) is 0 Å². The number of carbonyl (C=O) groups excluding carboxylic acids is 1. The molecule has 1 aliphatic heterocycles. The SMILES string of the molecule is CC(C)NC(=O)c1sccc1S(=O)(=O)N1CCCCC1. The van der Waals surface area contributed by atoms with Gasteiger partial charge < -0.3 is 5.32 Å². The lowest BCUT2D eigenvalue weighted by molar-refractivity contribution is 0.0944. The zero-order valence-electron chi connectivity index (χ0n) is 11.8. The van der Waals surface area contributed by atoms with Crippen molar-refractivity contribution in [3.05, 3.63) is 16.3 Å². The van der Waals surface area contributed by atoms with Crippen molar-refractivity contribution in [3.63, 3.8) is 0 Å². The maximum atomic E-state index is 12.6. The van der Waals surface area contributed by atoms with Crippen molar-refractivity contribution in [1.82, 2.24) is 9.62 Å². The first-order valence-electron chi connectivity index (χ1n) is 6.81. The molecule has 0 radical (unpaired) electrons. The Hall–Kier alpha value is -0.920. The number of nitrogens with zero attached hydrogens (tertiary/aromatic N) is 1. The average molecular weight is 316 g/mol. The van der Waals surface area contributed by atoms with E-state index in [2.05, 4.69) is 5.32 Å². The molecular weight excluding hydrogens is 296 g/mol. The van der Waals surface area contributed by atoms with Gasteiger partial charge in [-0.3, -0.25) is 4.79 Å². The highest BCUT2D eigenvalue weighted by atomic mass is 32.2. The summed E-state index contributed by atoms with van der Waals surface area (Å²) in [7, 11) is -3.55. The number of thiophene rings is 1. The Labute approximate surface area is 124 Å². The molecule has 112 valence electrons. The Morgan fingerprint density at radius 2 is 1.95 bits per heavy atom. The number of rotatable bonds is 4. The molecule has 0 bridgehead atoms. The molecule has 2 rings (SSSR count). The summed E-state index contributed by atoms with van der Waals surface area (Å²) in [5.41, 5.74) is 0. The zero-order valence-corrected chi connectivity index (χ0v) is 13.4. The van der Waals surface area contributed by atoms with Crippen LogP contribution < -0.4 is 5.32 Å². The van der Waals surface area contributed by atoms with Crippen LogP contribution in [0.15, 0.2) is 16.3 Å². The third-order valence-electron chi connectivity index (χ3n) is 3.19. The lowest BCUT2D eigenvalue weighted by atomic mass is 10.2. The van der Waals surface area contributed by atoms with Crippen molar-refractivity contribution in [2.24, 2.45) is 0 Å². The maximum Gasteiger partial charge on any atom is 0.262 e. The molecule has 1 aliphatic rings. The van der Waals surface area contributed by atoms with Crippen LogP contribution in [0, 0.1) is 0 Å². The highest BCUT2D eigenvalue weighted by Crippen LogP contribution is 2.27. The molecule has 2 heterocycles. The van der Waals surface area contributed by atoms with Crippen LogP contribution in [-0.2, 0) is 10.0 Å². The molecule has 20 heavy (non-hydrogen) atoms. The van der Waals surface area contributed by atoms with Gasteiger partial charge >= 0.3 is 0 Å². The van der Waals surface area contributed by atoms with Crippen molar-refractivity contribution >= 4 is 27.3 Å². The number of hydrogen-bond acceptors (Lipinski definition) is 4. The molecule has 1 aromatic heterocycles. The van der Waals surface area contributed by atoms with Gasteiger partial charge in [0.15, 0.2) is 0 Å². The second-order valence-corrected chi connectivity index (χ2v) is 8.03. The van der Waals surface area contributed by atoms with E-state index >= 15 is 0 Å². The largest absolute Gasteiger partial charge is 0.349 e. The van der Waals surface area contributed by atoms with Gasteiger partial charge in [-0.1, -0.05) is 6.42 Å². The quantitative estimate of drug-likeness (QED) is 0.924. The van der Waals surface area contributed by atoms with Crippen molar-refractivity contribution in [2.75, 3.05) is 13.1 Å². The molecule has 0 spiro atoms. The van der Waals surface area contributed by atoms with Crippen LogP contribution in [-0.4, -0.2) is 37.8 Å². The fourth-order valence-electron chi connectivity index (χ4n) is 2.24. The van der Waals surface area contributed by atoms with E-state index in [1.807, 2.05) is 13.8 Å². The van der Waals surface area contributed by atoms with Gasteiger partial charge in [0.25, 0.3) is 5.91 Å². The van der Waals surface area contributed by atoms with Gasteiger partial charge in [-0.15, -0.1) is 11.3 Å². The minimum absolute atomic E-state index is 0.0184. The summed E-state index contributed by atoms with van der Waals surface area (Å²) >= 11 is 1.17. The van der Waals surface area contributed by atoms with Gasteiger partial charge in [0, 0.05) is 19.1 Å². The summed E-state index contributed by atoms with van der Waals surface area (Å²) in [6.07, 6.45) is 2.84. The van der Waals surface area contributed by atoms with Crippen LogP contribution in [0.5, 0.6) is 0 Å². The van der Waals surface area contributed by atoms with E-state index < -0.39 is 10.0 Å². The van der Waals surface area contributed by atoms with Gasteiger partial charge in [0.2, 0.25) is 10.0 Å². The van der Waals surface area contributed by atoms with Crippen molar-refractivity contribution in [1.29, 1.82) is 0 Å². The third-order valence-corrected chi connectivity index (χ3v) is 6.17. The Bertz CT molecular complexity index is 572. The fourth-order valence-corrected chi connectivity index (χ4v) is 5.06. The van der Waals surface area contributed by atoms with E-state index in [9.17, 15) is 13.2 Å². The van der Waals surface area contributed by atoms with Crippen LogP contribution in [0.3, 0.4) is 0 Å². The van der Waals surface area contributed by atoms with E-state index in [0.29, 0.717) is 13.1 Å². The minimum atomic E-state index is -3.55. The number of sulfonamides is 1. The predicted molar refractivity (Wildman–Crippen MR) is 79.5 cm³/mol. The highest BCUT2D eigenvalue weighted by Gasteiger charge is 2.30. The second kappa shape index (κ2) is 6.24. The van der Waals surface area contributed by atoms with E-state index in [1.54, 1.807) is 5.38 Å². The molecule has 1 fully saturated rings. The van der Waals surface area contributed by atoms with Gasteiger partial charge in [-0.2, -0.15) is 4.31 Å². The van der Waals surface area contributed by atoms with E-state index in [1.165, 1.54) is 21.7 Å². The van der Waals surface area contributed by atoms with E-state index in [4.69, 9.17) is 0 Å². The summed E-state index contributed by atoms with van der Waals surface area (Å²) in [5, 5.41) is 4.41. The van der Waals surface area contributed by atoms with Gasteiger partial charge in [-0.25, -0.2) is 8.42 Å². The lowest BCUT2D eigenvalue weighted by Gasteiger charge is -2.25. The lowest BCUT2D eigenvalue weighted by Crippen LogP contribution is -2.37. The molecule has 1 aromatic rings. The predicted octanol–water partition coefficient (Wildman–Crippen LogP) is 2.06. The van der Waals surface area contributed by atoms with E-state index in [0.717, 1.165) is 19.3 Å². The summed E-state index contributed by atoms with van der Waals surface area (Å²) < 4.78 is 26.7. The zero-order chi connectivity index (χ0) is 14.8.